The number of ether oxygens (including phenoxy) is 1. The Morgan fingerprint density at radius 3 is 2.52 bits per heavy atom. The molecule has 9 heteroatoms. The number of hydrogen-bond acceptors (Lipinski definition) is 5. The Kier molecular flexibility index (Phi) is 10.7. The number of nitrogens with zero attached hydrogens (tertiary/aromatic N) is 5. The third-order valence-electron chi connectivity index (χ3n) is 5.48. The van der Waals surface area contributed by atoms with Crippen molar-refractivity contribution in [1.29, 1.82) is 0 Å². The summed E-state index contributed by atoms with van der Waals surface area (Å²) in [7, 11) is 7.91. The van der Waals surface area contributed by atoms with Crippen LogP contribution in [0.25, 0.3) is 0 Å². The Hall–Kier alpha value is -1.69. The van der Waals surface area contributed by atoms with E-state index < -0.39 is 0 Å². The molecule has 1 atom stereocenters. The van der Waals surface area contributed by atoms with Crippen LogP contribution in [0.3, 0.4) is 0 Å². The third kappa shape index (κ3) is 7.74. The summed E-state index contributed by atoms with van der Waals surface area (Å²) in [4.78, 5) is 9.05. The van der Waals surface area contributed by atoms with Gasteiger partial charge in [0.25, 0.3) is 0 Å². The second-order valence-electron chi connectivity index (χ2n) is 7.89. The van der Waals surface area contributed by atoms with Crippen LogP contribution in [0, 0.1) is 0 Å². The van der Waals surface area contributed by atoms with Crippen LogP contribution >= 0.6 is 24.0 Å². The molecule has 0 spiro atoms. The predicted octanol–water partition coefficient (Wildman–Crippen LogP) is 1.84. The molecule has 0 aliphatic carbocycles. The molecule has 2 aromatic rings. The highest BCUT2D eigenvalue weighted by molar-refractivity contribution is 14.0. The lowest BCUT2D eigenvalue weighted by Crippen LogP contribution is -2.41. The van der Waals surface area contributed by atoms with E-state index in [2.05, 4.69) is 75.1 Å². The van der Waals surface area contributed by atoms with E-state index in [-0.39, 0.29) is 30.0 Å². The smallest absolute Gasteiger partial charge is 0.191 e. The van der Waals surface area contributed by atoms with Crippen molar-refractivity contribution in [3.8, 4) is 0 Å². The van der Waals surface area contributed by atoms with Gasteiger partial charge in [-0.2, -0.15) is 5.10 Å². The van der Waals surface area contributed by atoms with E-state index in [1.807, 2.05) is 25.0 Å². The quantitative estimate of drug-likeness (QED) is 0.302. The SMILES string of the molecule is CN=C(NCc1ccccc1CN1CCOCC1)NCC(c1cnn(C)c1)N(C)C.I. The summed E-state index contributed by atoms with van der Waals surface area (Å²) in [6.07, 6.45) is 3.98. The second kappa shape index (κ2) is 13.0. The normalized spacial score (nSPS) is 16.1. The molecular formula is C22H36IN7O. The van der Waals surface area contributed by atoms with Crippen LogP contribution < -0.4 is 10.6 Å². The molecule has 0 saturated carbocycles. The van der Waals surface area contributed by atoms with Gasteiger partial charge in [-0.05, 0) is 25.2 Å². The maximum atomic E-state index is 5.47. The summed E-state index contributed by atoms with van der Waals surface area (Å²) >= 11 is 0. The van der Waals surface area contributed by atoms with Gasteiger partial charge in [-0.25, -0.2) is 0 Å². The maximum Gasteiger partial charge on any atom is 0.191 e. The molecule has 1 unspecified atom stereocenters. The summed E-state index contributed by atoms with van der Waals surface area (Å²) < 4.78 is 7.31. The molecule has 3 rings (SSSR count). The van der Waals surface area contributed by atoms with Crippen molar-refractivity contribution in [2.24, 2.45) is 12.0 Å². The fourth-order valence-electron chi connectivity index (χ4n) is 3.69. The first kappa shape index (κ1) is 25.6. The van der Waals surface area contributed by atoms with Crippen molar-refractivity contribution in [1.82, 2.24) is 30.2 Å². The van der Waals surface area contributed by atoms with Gasteiger partial charge in [-0.1, -0.05) is 24.3 Å². The van der Waals surface area contributed by atoms with Gasteiger partial charge in [0.15, 0.2) is 5.96 Å². The average molecular weight is 541 g/mol. The lowest BCUT2D eigenvalue weighted by Gasteiger charge is -2.27. The molecule has 1 aliphatic rings. The van der Waals surface area contributed by atoms with Crippen molar-refractivity contribution in [3.05, 3.63) is 53.3 Å². The van der Waals surface area contributed by atoms with Gasteiger partial charge in [0.1, 0.15) is 0 Å². The van der Waals surface area contributed by atoms with E-state index in [9.17, 15) is 0 Å². The number of aryl methyl sites for hydroxylation is 1. The molecule has 1 aromatic carbocycles. The van der Waals surface area contributed by atoms with Crippen LogP contribution in [0.2, 0.25) is 0 Å². The van der Waals surface area contributed by atoms with Crippen LogP contribution in [-0.4, -0.2) is 79.5 Å². The van der Waals surface area contributed by atoms with E-state index in [1.165, 1.54) is 16.7 Å². The minimum Gasteiger partial charge on any atom is -0.379 e. The van der Waals surface area contributed by atoms with Crippen molar-refractivity contribution in [3.63, 3.8) is 0 Å². The summed E-state index contributed by atoms with van der Waals surface area (Å²) in [6, 6.07) is 8.83. The Bertz CT molecular complexity index is 818. The summed E-state index contributed by atoms with van der Waals surface area (Å²) in [5.74, 6) is 0.798. The van der Waals surface area contributed by atoms with Crippen molar-refractivity contribution < 1.29 is 4.74 Å². The zero-order valence-electron chi connectivity index (χ0n) is 19.0. The van der Waals surface area contributed by atoms with Crippen LogP contribution in [0.5, 0.6) is 0 Å². The molecule has 0 amide bonds. The van der Waals surface area contributed by atoms with E-state index in [1.54, 1.807) is 0 Å². The van der Waals surface area contributed by atoms with Crippen LogP contribution in [0.15, 0.2) is 41.7 Å². The first-order valence-electron chi connectivity index (χ1n) is 10.5. The van der Waals surface area contributed by atoms with Gasteiger partial charge in [-0.3, -0.25) is 14.6 Å². The number of rotatable bonds is 8. The zero-order chi connectivity index (χ0) is 21.3. The predicted molar refractivity (Wildman–Crippen MR) is 136 cm³/mol. The first-order chi connectivity index (χ1) is 14.6. The Morgan fingerprint density at radius 1 is 1.19 bits per heavy atom. The lowest BCUT2D eigenvalue weighted by atomic mass is 10.1. The number of nitrogens with one attached hydrogen (secondary N) is 2. The Labute approximate surface area is 203 Å². The molecule has 1 fully saturated rings. The van der Waals surface area contributed by atoms with Gasteiger partial charge in [0, 0.05) is 58.6 Å². The standard InChI is InChI=1S/C22H35N7O.HI/c1-23-22(25-15-21(27(2)3)20-14-26-28(4)16-20)24-13-18-7-5-6-8-19(18)17-29-9-11-30-12-10-29;/h5-8,14,16,21H,9-13,15,17H2,1-4H3,(H2,23,24,25);1H. The van der Waals surface area contributed by atoms with Crippen molar-refractivity contribution >= 4 is 29.9 Å². The number of aromatic nitrogens is 2. The van der Waals surface area contributed by atoms with Crippen molar-refractivity contribution in [2.75, 3.05) is 54.0 Å². The lowest BCUT2D eigenvalue weighted by molar-refractivity contribution is 0.0341. The van der Waals surface area contributed by atoms with Gasteiger partial charge < -0.3 is 20.3 Å². The molecule has 0 bridgehead atoms. The number of halogens is 1. The molecule has 1 aromatic heterocycles. The van der Waals surface area contributed by atoms with E-state index >= 15 is 0 Å². The van der Waals surface area contributed by atoms with Gasteiger partial charge in [0.2, 0.25) is 0 Å². The first-order valence-corrected chi connectivity index (χ1v) is 10.5. The molecule has 172 valence electrons. The van der Waals surface area contributed by atoms with Gasteiger partial charge >= 0.3 is 0 Å². The van der Waals surface area contributed by atoms with Crippen LogP contribution in [0.1, 0.15) is 22.7 Å². The van der Waals surface area contributed by atoms with Crippen LogP contribution in [-0.2, 0) is 24.9 Å². The summed E-state index contributed by atoms with van der Waals surface area (Å²) in [6.45, 7) is 6.06. The molecule has 1 saturated heterocycles. The number of hydrogen-bond donors (Lipinski definition) is 2. The number of likely N-dealkylation sites (N-methyl/N-ethyl adjacent to an activating group) is 1. The van der Waals surface area contributed by atoms with E-state index in [4.69, 9.17) is 4.74 Å². The molecule has 1 aliphatic heterocycles. The highest BCUT2D eigenvalue weighted by Gasteiger charge is 2.17. The topological polar surface area (TPSA) is 70.0 Å². The maximum absolute atomic E-state index is 5.47. The Morgan fingerprint density at radius 2 is 1.90 bits per heavy atom. The number of benzene rings is 1. The largest absolute Gasteiger partial charge is 0.379 e. The summed E-state index contributed by atoms with van der Waals surface area (Å²) in [5.41, 5.74) is 3.83. The molecule has 2 heterocycles. The molecular weight excluding hydrogens is 505 g/mol. The minimum absolute atomic E-state index is 0. The van der Waals surface area contributed by atoms with Gasteiger partial charge in [-0.15, -0.1) is 24.0 Å². The molecule has 31 heavy (non-hydrogen) atoms. The minimum atomic E-state index is 0. The highest BCUT2D eigenvalue weighted by Crippen LogP contribution is 2.16. The number of morpholine rings is 1. The fraction of sp³-hybridized carbons (Fsp3) is 0.545. The zero-order valence-corrected chi connectivity index (χ0v) is 21.4. The van der Waals surface area contributed by atoms with Crippen molar-refractivity contribution in [2.45, 2.75) is 19.1 Å². The average Bonchev–Trinajstić information content (AvgIpc) is 3.18. The fourth-order valence-corrected chi connectivity index (χ4v) is 3.69. The monoisotopic (exact) mass is 541 g/mol. The highest BCUT2D eigenvalue weighted by atomic mass is 127. The second-order valence-corrected chi connectivity index (χ2v) is 7.89. The summed E-state index contributed by atoms with van der Waals surface area (Å²) in [5, 5.41) is 11.2. The number of guanidine groups is 1. The van der Waals surface area contributed by atoms with E-state index in [0.29, 0.717) is 0 Å². The van der Waals surface area contributed by atoms with Crippen LogP contribution in [0.4, 0.5) is 0 Å². The van der Waals surface area contributed by atoms with Gasteiger partial charge in [0.05, 0.1) is 25.5 Å². The molecule has 0 radical (unpaired) electrons. The van der Waals surface area contributed by atoms with E-state index in [0.717, 1.165) is 51.9 Å². The third-order valence-corrected chi connectivity index (χ3v) is 5.48. The Balaban J connectivity index is 0.00000341. The molecule has 8 nitrogen and oxygen atoms in total. The molecule has 2 N–H and O–H groups in total. The number of aliphatic imine (C=N–C) groups is 1.